The van der Waals surface area contributed by atoms with Crippen molar-refractivity contribution in [2.75, 3.05) is 25.0 Å². The zero-order valence-electron chi connectivity index (χ0n) is 14.7. The van der Waals surface area contributed by atoms with Gasteiger partial charge in [-0.25, -0.2) is 19.3 Å². The van der Waals surface area contributed by atoms with Gasteiger partial charge in [0.15, 0.2) is 5.82 Å². The second kappa shape index (κ2) is 7.28. The number of halogens is 1. The van der Waals surface area contributed by atoms with Gasteiger partial charge in [0.25, 0.3) is 0 Å². The molecule has 140 valence electrons. The number of fused-ring (bicyclic) bond motifs is 1. The summed E-state index contributed by atoms with van der Waals surface area (Å²) in [5.41, 5.74) is 6.69. The number of imidazole rings is 1. The van der Waals surface area contributed by atoms with Crippen LogP contribution in [0.4, 0.5) is 10.2 Å². The Morgan fingerprint density at radius 3 is 3.07 bits per heavy atom. The molecule has 1 aliphatic rings. The monoisotopic (exact) mass is 369 g/mol. The molecular formula is C18H20FN7O. The molecule has 1 aliphatic heterocycles. The lowest BCUT2D eigenvalue weighted by atomic mass is 10.1. The summed E-state index contributed by atoms with van der Waals surface area (Å²) >= 11 is 0. The van der Waals surface area contributed by atoms with Crippen LogP contribution in [0.5, 0.6) is 0 Å². The highest BCUT2D eigenvalue weighted by molar-refractivity contribution is 5.78. The number of piperidine rings is 1. The van der Waals surface area contributed by atoms with E-state index in [0.29, 0.717) is 29.5 Å². The van der Waals surface area contributed by atoms with Gasteiger partial charge in [0.05, 0.1) is 12.7 Å². The van der Waals surface area contributed by atoms with Crippen LogP contribution in [0.3, 0.4) is 0 Å². The summed E-state index contributed by atoms with van der Waals surface area (Å²) in [6, 6.07) is 4.84. The van der Waals surface area contributed by atoms with Crippen LogP contribution in [0.1, 0.15) is 12.8 Å². The zero-order valence-corrected chi connectivity index (χ0v) is 14.7. The number of aromatic nitrogens is 4. The maximum Gasteiger partial charge on any atom is 0.236 e. The fourth-order valence-electron chi connectivity index (χ4n) is 3.34. The summed E-state index contributed by atoms with van der Waals surface area (Å²) in [5.74, 6) is 0.697. The maximum absolute atomic E-state index is 13.6. The Morgan fingerprint density at radius 1 is 1.33 bits per heavy atom. The fourth-order valence-corrected chi connectivity index (χ4v) is 3.34. The predicted octanol–water partition coefficient (Wildman–Crippen LogP) is 1.29. The number of pyridine rings is 1. The number of nitrogens with zero attached hydrogens (tertiary/aromatic N) is 5. The summed E-state index contributed by atoms with van der Waals surface area (Å²) in [7, 11) is 0. The first kappa shape index (κ1) is 17.3. The minimum atomic E-state index is -0.358. The molecule has 27 heavy (non-hydrogen) atoms. The van der Waals surface area contributed by atoms with E-state index in [4.69, 9.17) is 5.73 Å². The summed E-state index contributed by atoms with van der Waals surface area (Å²) in [5, 5.41) is 3.36. The van der Waals surface area contributed by atoms with E-state index < -0.39 is 0 Å². The molecule has 9 heteroatoms. The van der Waals surface area contributed by atoms with Crippen LogP contribution in [0, 0.1) is 5.82 Å². The van der Waals surface area contributed by atoms with Gasteiger partial charge in [0.2, 0.25) is 5.91 Å². The third-order valence-electron chi connectivity index (χ3n) is 4.65. The minimum Gasteiger partial charge on any atom is -0.365 e. The molecule has 0 spiro atoms. The van der Waals surface area contributed by atoms with E-state index in [-0.39, 0.29) is 24.3 Å². The normalized spacial score (nSPS) is 17.3. The lowest BCUT2D eigenvalue weighted by molar-refractivity contribution is -0.130. The summed E-state index contributed by atoms with van der Waals surface area (Å²) < 4.78 is 15.2. The van der Waals surface area contributed by atoms with Crippen LogP contribution < -0.4 is 11.1 Å². The summed E-state index contributed by atoms with van der Waals surface area (Å²) in [6.45, 7) is 1.35. The molecular weight excluding hydrogens is 349 g/mol. The van der Waals surface area contributed by atoms with Crippen molar-refractivity contribution >= 4 is 17.4 Å². The van der Waals surface area contributed by atoms with E-state index in [1.165, 1.54) is 12.3 Å². The molecule has 3 aromatic heterocycles. The lowest BCUT2D eigenvalue weighted by Crippen LogP contribution is -2.47. The van der Waals surface area contributed by atoms with Crippen LogP contribution in [-0.2, 0) is 4.79 Å². The van der Waals surface area contributed by atoms with Crippen molar-refractivity contribution in [3.8, 4) is 11.5 Å². The van der Waals surface area contributed by atoms with Crippen molar-refractivity contribution in [2.24, 2.45) is 5.73 Å². The first-order valence-corrected chi connectivity index (χ1v) is 8.84. The fraction of sp³-hybridized carbons (Fsp3) is 0.333. The van der Waals surface area contributed by atoms with Crippen molar-refractivity contribution < 1.29 is 9.18 Å². The molecule has 0 aromatic carbocycles. The average Bonchev–Trinajstić information content (AvgIpc) is 3.11. The van der Waals surface area contributed by atoms with Gasteiger partial charge in [-0.1, -0.05) is 0 Å². The average molecular weight is 369 g/mol. The van der Waals surface area contributed by atoms with E-state index in [1.54, 1.807) is 33.8 Å². The van der Waals surface area contributed by atoms with Crippen molar-refractivity contribution in [1.82, 2.24) is 24.3 Å². The van der Waals surface area contributed by atoms with Gasteiger partial charge in [-0.05, 0) is 31.0 Å². The van der Waals surface area contributed by atoms with Gasteiger partial charge in [0, 0.05) is 31.5 Å². The number of likely N-dealkylation sites (tertiary alicyclic amines) is 1. The van der Waals surface area contributed by atoms with Gasteiger partial charge in [0.1, 0.15) is 23.0 Å². The molecule has 3 aromatic rings. The van der Waals surface area contributed by atoms with Gasteiger partial charge in [-0.3, -0.25) is 9.20 Å². The molecule has 0 unspecified atom stereocenters. The summed E-state index contributed by atoms with van der Waals surface area (Å²) in [4.78, 5) is 26.7. The third-order valence-corrected chi connectivity index (χ3v) is 4.65. The molecule has 0 radical (unpaired) electrons. The number of hydrogen-bond acceptors (Lipinski definition) is 6. The quantitative estimate of drug-likeness (QED) is 0.719. The number of carbonyl (C=O) groups excluding carboxylic acids is 1. The topological polar surface area (TPSA) is 101 Å². The second-order valence-corrected chi connectivity index (χ2v) is 6.51. The number of anilines is 1. The van der Waals surface area contributed by atoms with Gasteiger partial charge >= 0.3 is 0 Å². The Balaban J connectivity index is 1.56. The van der Waals surface area contributed by atoms with Gasteiger partial charge in [-0.2, -0.15) is 0 Å². The first-order valence-electron chi connectivity index (χ1n) is 8.84. The molecule has 0 saturated carbocycles. The van der Waals surface area contributed by atoms with Crippen LogP contribution >= 0.6 is 0 Å². The Morgan fingerprint density at radius 2 is 2.22 bits per heavy atom. The Labute approximate surface area is 155 Å². The van der Waals surface area contributed by atoms with Crippen LogP contribution in [0.2, 0.25) is 0 Å². The van der Waals surface area contributed by atoms with E-state index >= 15 is 0 Å². The molecule has 4 rings (SSSR count). The standard InChI is InChI=1S/C18H20FN7O/c19-12-3-4-16-22-9-14(26(16)10-12)18-21-6-5-15(24-18)23-13-2-1-7-25(11-13)17(27)8-20/h3-6,9-10,13H,1-2,7-8,11,20H2,(H,21,23,24)/t13-/m1/s1. The van der Waals surface area contributed by atoms with Crippen molar-refractivity contribution in [3.05, 3.63) is 42.6 Å². The molecule has 1 amide bonds. The minimum absolute atomic E-state index is 0.0230. The summed E-state index contributed by atoms with van der Waals surface area (Å²) in [6.07, 6.45) is 6.48. The van der Waals surface area contributed by atoms with Gasteiger partial charge < -0.3 is 16.0 Å². The molecule has 1 saturated heterocycles. The SMILES string of the molecule is NCC(=O)N1CCC[C@@H](Nc2ccnc(-c3cnc4ccc(F)cn34)n2)C1. The highest BCUT2D eigenvalue weighted by Gasteiger charge is 2.23. The smallest absolute Gasteiger partial charge is 0.236 e. The highest BCUT2D eigenvalue weighted by atomic mass is 19.1. The van der Waals surface area contributed by atoms with Gasteiger partial charge in [-0.15, -0.1) is 0 Å². The number of nitrogens with two attached hydrogens (primary N) is 1. The molecule has 3 N–H and O–H groups in total. The number of rotatable bonds is 4. The molecule has 1 fully saturated rings. The van der Waals surface area contributed by atoms with E-state index in [1.807, 2.05) is 0 Å². The first-order chi connectivity index (χ1) is 13.1. The lowest BCUT2D eigenvalue weighted by Gasteiger charge is -2.33. The largest absolute Gasteiger partial charge is 0.365 e. The molecule has 8 nitrogen and oxygen atoms in total. The van der Waals surface area contributed by atoms with E-state index in [0.717, 1.165) is 19.4 Å². The van der Waals surface area contributed by atoms with Crippen molar-refractivity contribution in [3.63, 3.8) is 0 Å². The van der Waals surface area contributed by atoms with E-state index in [9.17, 15) is 9.18 Å². The number of nitrogens with one attached hydrogen (secondary N) is 1. The molecule has 0 bridgehead atoms. The number of hydrogen-bond donors (Lipinski definition) is 2. The van der Waals surface area contributed by atoms with Crippen LogP contribution in [0.25, 0.3) is 17.2 Å². The highest BCUT2D eigenvalue weighted by Crippen LogP contribution is 2.20. The van der Waals surface area contributed by atoms with E-state index in [2.05, 4.69) is 20.3 Å². The number of carbonyl (C=O) groups is 1. The second-order valence-electron chi connectivity index (χ2n) is 6.51. The van der Waals surface area contributed by atoms with Crippen molar-refractivity contribution in [1.29, 1.82) is 0 Å². The Bertz CT molecular complexity index is 973. The Kier molecular flexibility index (Phi) is 4.68. The maximum atomic E-state index is 13.6. The number of amides is 1. The molecule has 1 atom stereocenters. The third kappa shape index (κ3) is 3.59. The zero-order chi connectivity index (χ0) is 18.8. The molecule has 4 heterocycles. The molecule has 0 aliphatic carbocycles. The Hall–Kier alpha value is -3.07. The van der Waals surface area contributed by atoms with Crippen LogP contribution in [0.15, 0.2) is 36.8 Å². The van der Waals surface area contributed by atoms with Crippen LogP contribution in [-0.4, -0.2) is 55.8 Å². The predicted molar refractivity (Wildman–Crippen MR) is 98.5 cm³/mol. The van der Waals surface area contributed by atoms with Crippen molar-refractivity contribution in [2.45, 2.75) is 18.9 Å².